The van der Waals surface area contributed by atoms with Gasteiger partial charge in [-0.1, -0.05) is 17.7 Å². The lowest BCUT2D eigenvalue weighted by atomic mass is 10.2. The number of likely N-dealkylation sites (tertiary alicyclic amines) is 1. The summed E-state index contributed by atoms with van der Waals surface area (Å²) in [6.07, 6.45) is -0.314. The zero-order chi connectivity index (χ0) is 15.1. The standard InChI is InChI=1S/C15H21ClN4O/c1-18(2)13-8-20(9-14(13)21)7-11-15-10(16)5-4-6-12(15)19(3)17-11/h4-6,13-14,21H,7-9H2,1-3H3/t13-,14-/m0/s1. The molecule has 0 radical (unpaired) electrons. The maximum Gasteiger partial charge on any atom is 0.0858 e. The monoisotopic (exact) mass is 308 g/mol. The molecule has 1 N–H and O–H groups in total. The number of aliphatic hydroxyl groups excluding tert-OH is 1. The lowest BCUT2D eigenvalue weighted by molar-refractivity contribution is 0.112. The number of rotatable bonds is 3. The quantitative estimate of drug-likeness (QED) is 0.929. The first-order valence-electron chi connectivity index (χ1n) is 7.14. The molecule has 0 bridgehead atoms. The van der Waals surface area contributed by atoms with Crippen molar-refractivity contribution in [2.24, 2.45) is 7.05 Å². The van der Waals surface area contributed by atoms with Crippen molar-refractivity contribution in [2.75, 3.05) is 27.2 Å². The Balaban J connectivity index is 1.87. The molecule has 1 saturated heterocycles. The molecule has 114 valence electrons. The maximum absolute atomic E-state index is 10.1. The van der Waals surface area contributed by atoms with Gasteiger partial charge >= 0.3 is 0 Å². The van der Waals surface area contributed by atoms with Crippen molar-refractivity contribution < 1.29 is 5.11 Å². The van der Waals surface area contributed by atoms with E-state index >= 15 is 0 Å². The molecule has 2 aromatic rings. The zero-order valence-electron chi connectivity index (χ0n) is 12.6. The van der Waals surface area contributed by atoms with Gasteiger partial charge in [-0.25, -0.2) is 0 Å². The van der Waals surface area contributed by atoms with Crippen molar-refractivity contribution >= 4 is 22.5 Å². The van der Waals surface area contributed by atoms with E-state index in [9.17, 15) is 5.11 Å². The van der Waals surface area contributed by atoms with Crippen LogP contribution in [0.25, 0.3) is 10.9 Å². The summed E-state index contributed by atoms with van der Waals surface area (Å²) in [6, 6.07) is 6.04. The molecule has 1 aromatic carbocycles. The van der Waals surface area contributed by atoms with Gasteiger partial charge in [0.2, 0.25) is 0 Å². The third kappa shape index (κ3) is 2.66. The Kier molecular flexibility index (Phi) is 3.92. The highest BCUT2D eigenvalue weighted by molar-refractivity contribution is 6.35. The number of nitrogens with zero attached hydrogens (tertiary/aromatic N) is 4. The van der Waals surface area contributed by atoms with Crippen molar-refractivity contribution in [3.8, 4) is 0 Å². The van der Waals surface area contributed by atoms with Crippen molar-refractivity contribution in [3.05, 3.63) is 28.9 Å². The average Bonchev–Trinajstić information content (AvgIpc) is 2.93. The highest BCUT2D eigenvalue weighted by Gasteiger charge is 2.33. The molecule has 1 aliphatic heterocycles. The maximum atomic E-state index is 10.1. The number of β-amino-alcohol motifs (C(OH)–C–C–N with tert-alkyl or cyclic N) is 1. The second-order valence-corrected chi connectivity index (χ2v) is 6.40. The van der Waals surface area contributed by atoms with Crippen molar-refractivity contribution in [2.45, 2.75) is 18.7 Å². The summed E-state index contributed by atoms with van der Waals surface area (Å²) in [4.78, 5) is 4.31. The molecule has 0 amide bonds. The summed E-state index contributed by atoms with van der Waals surface area (Å²) >= 11 is 6.34. The first-order chi connectivity index (χ1) is 9.97. The highest BCUT2D eigenvalue weighted by atomic mass is 35.5. The van der Waals surface area contributed by atoms with E-state index < -0.39 is 0 Å². The molecule has 0 spiro atoms. The summed E-state index contributed by atoms with van der Waals surface area (Å²) in [6.45, 7) is 2.23. The van der Waals surface area contributed by atoms with Gasteiger partial charge in [0.05, 0.1) is 22.3 Å². The highest BCUT2D eigenvalue weighted by Crippen LogP contribution is 2.28. The van der Waals surface area contributed by atoms with Crippen LogP contribution in [0.1, 0.15) is 5.69 Å². The Morgan fingerprint density at radius 3 is 2.81 bits per heavy atom. The number of likely N-dealkylation sites (N-methyl/N-ethyl adjacent to an activating group) is 1. The number of hydrogen-bond acceptors (Lipinski definition) is 4. The number of aliphatic hydroxyl groups is 1. The molecule has 1 fully saturated rings. The summed E-state index contributed by atoms with van der Waals surface area (Å²) in [5.41, 5.74) is 2.02. The van der Waals surface area contributed by atoms with Crippen LogP contribution in [-0.4, -0.2) is 64.0 Å². The van der Waals surface area contributed by atoms with Gasteiger partial charge in [0.1, 0.15) is 0 Å². The van der Waals surface area contributed by atoms with E-state index in [0.717, 1.165) is 28.2 Å². The predicted octanol–water partition coefficient (Wildman–Crippen LogP) is 1.33. The Hall–Kier alpha value is -1.14. The van der Waals surface area contributed by atoms with Crippen LogP contribution in [0.2, 0.25) is 5.02 Å². The van der Waals surface area contributed by atoms with Gasteiger partial charge in [0.15, 0.2) is 0 Å². The molecule has 0 unspecified atom stereocenters. The van der Waals surface area contributed by atoms with Crippen molar-refractivity contribution in [1.29, 1.82) is 0 Å². The lowest BCUT2D eigenvalue weighted by Crippen LogP contribution is -2.37. The second kappa shape index (κ2) is 5.57. The molecule has 0 saturated carbocycles. The number of halogens is 1. The second-order valence-electron chi connectivity index (χ2n) is 6.00. The predicted molar refractivity (Wildman–Crippen MR) is 84.5 cm³/mol. The molecule has 21 heavy (non-hydrogen) atoms. The average molecular weight is 309 g/mol. The molecular weight excluding hydrogens is 288 g/mol. The van der Waals surface area contributed by atoms with Gasteiger partial charge in [-0.3, -0.25) is 9.58 Å². The van der Waals surface area contributed by atoms with Crippen LogP contribution in [0.15, 0.2) is 18.2 Å². The van der Waals surface area contributed by atoms with Crippen LogP contribution in [-0.2, 0) is 13.6 Å². The van der Waals surface area contributed by atoms with E-state index in [1.165, 1.54) is 0 Å². The summed E-state index contributed by atoms with van der Waals surface area (Å²) < 4.78 is 1.87. The SMILES string of the molecule is CN(C)[C@H]1CN(Cc2nn(C)c3cccc(Cl)c23)C[C@@H]1O. The first kappa shape index (κ1) is 14.8. The minimum Gasteiger partial charge on any atom is -0.390 e. The third-order valence-corrected chi connectivity index (χ3v) is 4.59. The largest absolute Gasteiger partial charge is 0.390 e. The van der Waals surface area contributed by atoms with E-state index in [-0.39, 0.29) is 12.1 Å². The van der Waals surface area contributed by atoms with Crippen molar-refractivity contribution in [1.82, 2.24) is 19.6 Å². The molecule has 0 aliphatic carbocycles. The number of fused-ring (bicyclic) bond motifs is 1. The van der Waals surface area contributed by atoms with Gasteiger partial charge in [-0.15, -0.1) is 0 Å². The molecule has 2 heterocycles. The summed E-state index contributed by atoms with van der Waals surface area (Å²) in [5.74, 6) is 0. The van der Waals surface area contributed by atoms with E-state index in [4.69, 9.17) is 11.6 Å². The zero-order valence-corrected chi connectivity index (χ0v) is 13.4. The normalized spacial score (nSPS) is 23.5. The van der Waals surface area contributed by atoms with E-state index in [1.54, 1.807) is 0 Å². The van der Waals surface area contributed by atoms with Crippen LogP contribution in [0, 0.1) is 0 Å². The van der Waals surface area contributed by atoms with Crippen LogP contribution in [0.5, 0.6) is 0 Å². The molecule has 6 heteroatoms. The molecule has 5 nitrogen and oxygen atoms in total. The van der Waals surface area contributed by atoms with Crippen LogP contribution in [0.4, 0.5) is 0 Å². The molecule has 1 aliphatic rings. The van der Waals surface area contributed by atoms with E-state index in [2.05, 4.69) is 14.9 Å². The number of aromatic nitrogens is 2. The molecule has 1 aromatic heterocycles. The van der Waals surface area contributed by atoms with Gasteiger partial charge in [-0.2, -0.15) is 5.10 Å². The molecular formula is C15H21ClN4O. The summed E-state index contributed by atoms with van der Waals surface area (Å²) in [7, 11) is 5.94. The number of hydrogen-bond donors (Lipinski definition) is 1. The Labute approximate surface area is 129 Å². The lowest BCUT2D eigenvalue weighted by Gasteiger charge is -2.21. The van der Waals surface area contributed by atoms with Crippen LogP contribution < -0.4 is 0 Å². The summed E-state index contributed by atoms with van der Waals surface area (Å²) in [5, 5.41) is 16.5. The van der Waals surface area contributed by atoms with Crippen molar-refractivity contribution in [3.63, 3.8) is 0 Å². The number of benzene rings is 1. The smallest absolute Gasteiger partial charge is 0.0858 e. The van der Waals surface area contributed by atoms with Gasteiger partial charge in [0, 0.05) is 38.1 Å². The topological polar surface area (TPSA) is 44.5 Å². The fraction of sp³-hybridized carbons (Fsp3) is 0.533. The van der Waals surface area contributed by atoms with Crippen LogP contribution in [0.3, 0.4) is 0 Å². The van der Waals surface area contributed by atoms with E-state index in [1.807, 2.05) is 44.0 Å². The van der Waals surface area contributed by atoms with Gasteiger partial charge in [-0.05, 0) is 26.2 Å². The Morgan fingerprint density at radius 2 is 2.14 bits per heavy atom. The van der Waals surface area contributed by atoms with Crippen LogP contribution >= 0.6 is 11.6 Å². The first-order valence-corrected chi connectivity index (χ1v) is 7.52. The fourth-order valence-corrected chi connectivity index (χ4v) is 3.44. The minimum atomic E-state index is -0.314. The Morgan fingerprint density at radius 1 is 1.38 bits per heavy atom. The molecule has 3 rings (SSSR count). The number of aryl methyl sites for hydroxylation is 1. The molecule has 2 atom stereocenters. The minimum absolute atomic E-state index is 0.176. The van der Waals surface area contributed by atoms with E-state index in [0.29, 0.717) is 13.1 Å². The van der Waals surface area contributed by atoms with Gasteiger partial charge in [0.25, 0.3) is 0 Å². The third-order valence-electron chi connectivity index (χ3n) is 4.27. The van der Waals surface area contributed by atoms with Gasteiger partial charge < -0.3 is 10.0 Å². The fourth-order valence-electron chi connectivity index (χ4n) is 3.16. The Bertz CT molecular complexity index is 654.